The van der Waals surface area contributed by atoms with Crippen LogP contribution >= 0.6 is 11.6 Å². The molecule has 3 aliphatic rings. The van der Waals surface area contributed by atoms with Gasteiger partial charge in [-0.05, 0) is 68.6 Å². The van der Waals surface area contributed by atoms with Gasteiger partial charge in [0.15, 0.2) is 5.82 Å². The van der Waals surface area contributed by atoms with Crippen LogP contribution in [0.3, 0.4) is 0 Å². The maximum absolute atomic E-state index is 13.6. The number of fused-ring (bicyclic) bond motifs is 1. The van der Waals surface area contributed by atoms with Gasteiger partial charge < -0.3 is 10.2 Å². The normalized spacial score (nSPS) is 18.6. The number of benzene rings is 2. The van der Waals surface area contributed by atoms with Crippen LogP contribution in [0, 0.1) is 0 Å². The lowest BCUT2D eigenvalue weighted by Gasteiger charge is -2.38. The summed E-state index contributed by atoms with van der Waals surface area (Å²) >= 11 is 5.88. The quantitative estimate of drug-likeness (QED) is 0.261. The molecule has 2 N–H and O–H groups in total. The zero-order valence-electron chi connectivity index (χ0n) is 28.1. The van der Waals surface area contributed by atoms with Crippen LogP contribution in [0.5, 0.6) is 0 Å². The average Bonchev–Trinajstić information content (AvgIpc) is 3.44. The van der Waals surface area contributed by atoms with Crippen LogP contribution < -0.4 is 20.4 Å². The topological polar surface area (TPSA) is 149 Å². The number of amides is 3. The van der Waals surface area contributed by atoms with Crippen LogP contribution in [0.2, 0.25) is 5.02 Å². The van der Waals surface area contributed by atoms with E-state index in [4.69, 9.17) is 11.6 Å². The number of imide groups is 1. The largest absolute Gasteiger partial charge is 0.371 e. The molecule has 16 heteroatoms. The van der Waals surface area contributed by atoms with Gasteiger partial charge in [0.1, 0.15) is 0 Å². The van der Waals surface area contributed by atoms with E-state index in [1.807, 2.05) is 31.3 Å². The number of anilines is 3. The van der Waals surface area contributed by atoms with Crippen molar-refractivity contribution >= 4 is 61.9 Å². The summed E-state index contributed by atoms with van der Waals surface area (Å²) in [5.74, 6) is 0.774. The summed E-state index contributed by atoms with van der Waals surface area (Å²) in [7, 11) is 0.349. The summed E-state index contributed by atoms with van der Waals surface area (Å²) in [6.07, 6.45) is 6.57. The van der Waals surface area contributed by atoms with Gasteiger partial charge in [0.2, 0.25) is 21.9 Å². The van der Waals surface area contributed by atoms with Gasteiger partial charge in [-0.15, -0.1) is 0 Å². The number of hydrogen-bond acceptors (Lipinski definition) is 10. The molecule has 264 valence electrons. The first-order valence-electron chi connectivity index (χ1n) is 16.9. The van der Waals surface area contributed by atoms with Gasteiger partial charge in [-0.3, -0.25) is 24.6 Å². The summed E-state index contributed by atoms with van der Waals surface area (Å²) in [5.41, 5.74) is 2.99. The SMILES string of the molecule is CN(Cc1cccc(S(=O)(=O)N2CCC(Nc3ncc(Cl)cn3)CC2)c1)C1CCN(c2ccc3c(N4CCC(=O)NC4=O)nn(C)c3c2)CC1. The Morgan fingerprint density at radius 2 is 1.72 bits per heavy atom. The van der Waals surface area contributed by atoms with Crippen molar-refractivity contribution in [3.63, 3.8) is 0 Å². The number of sulfonamides is 1. The predicted molar refractivity (Wildman–Crippen MR) is 192 cm³/mol. The summed E-state index contributed by atoms with van der Waals surface area (Å²) in [4.78, 5) is 39.0. The Balaban J connectivity index is 0.936. The van der Waals surface area contributed by atoms with Crippen LogP contribution in [0.25, 0.3) is 10.9 Å². The number of nitrogens with one attached hydrogen (secondary N) is 2. The number of rotatable bonds is 9. The Kier molecular flexibility index (Phi) is 9.65. The molecule has 0 spiro atoms. The highest BCUT2D eigenvalue weighted by Crippen LogP contribution is 2.32. The van der Waals surface area contributed by atoms with E-state index in [-0.39, 0.29) is 18.4 Å². The van der Waals surface area contributed by atoms with Crippen LogP contribution in [-0.4, -0.2) is 101 Å². The molecule has 0 bridgehead atoms. The second kappa shape index (κ2) is 14.1. The molecule has 0 saturated carbocycles. The molecule has 50 heavy (non-hydrogen) atoms. The minimum atomic E-state index is -3.62. The standard InChI is InChI=1S/C34H41ClN10O4S/c1-41(22-23-4-3-5-28(18-23)50(48,49)44-15-8-25(9-16-44)38-33-36-20-24(35)21-37-33)26-10-13-43(14-11-26)27-6-7-29-30(19-27)42(2)40-32(29)45-17-12-31(46)39-34(45)47/h3-7,18-21,25-26H,8-17,22H2,1-2H3,(H,36,37,38)(H,39,46,47). The number of halogens is 1. The highest BCUT2D eigenvalue weighted by atomic mass is 35.5. The fourth-order valence-corrected chi connectivity index (χ4v) is 8.77. The first-order chi connectivity index (χ1) is 24.0. The minimum absolute atomic E-state index is 0.0862. The zero-order chi connectivity index (χ0) is 35.0. The van der Waals surface area contributed by atoms with E-state index < -0.39 is 16.1 Å². The van der Waals surface area contributed by atoms with Crippen molar-refractivity contribution in [3.05, 3.63) is 65.4 Å². The molecule has 3 aliphatic heterocycles. The molecular formula is C34H41ClN10O4S. The van der Waals surface area contributed by atoms with E-state index in [0.29, 0.717) is 66.7 Å². The lowest BCUT2D eigenvalue weighted by atomic mass is 10.0. The fourth-order valence-electron chi connectivity index (χ4n) is 7.13. The second-order valence-corrected chi connectivity index (χ2v) is 15.6. The Morgan fingerprint density at radius 3 is 2.44 bits per heavy atom. The first kappa shape index (κ1) is 34.2. The molecule has 0 aliphatic carbocycles. The number of piperidine rings is 2. The molecule has 5 heterocycles. The number of urea groups is 1. The van der Waals surface area contributed by atoms with Gasteiger partial charge in [0.25, 0.3) is 0 Å². The summed E-state index contributed by atoms with van der Waals surface area (Å²) < 4.78 is 30.6. The third-order valence-corrected chi connectivity index (χ3v) is 12.0. The van der Waals surface area contributed by atoms with E-state index in [9.17, 15) is 18.0 Å². The molecule has 3 amide bonds. The van der Waals surface area contributed by atoms with Crippen molar-refractivity contribution in [3.8, 4) is 0 Å². The number of carbonyl (C=O) groups is 2. The summed E-state index contributed by atoms with van der Waals surface area (Å²) in [6, 6.07) is 13.5. The Hall–Kier alpha value is -4.31. The van der Waals surface area contributed by atoms with E-state index in [0.717, 1.165) is 48.1 Å². The van der Waals surface area contributed by atoms with Crippen molar-refractivity contribution < 1.29 is 18.0 Å². The Labute approximate surface area is 296 Å². The maximum Gasteiger partial charge on any atom is 0.329 e. The zero-order valence-corrected chi connectivity index (χ0v) is 29.7. The lowest BCUT2D eigenvalue weighted by molar-refractivity contribution is -0.120. The van der Waals surface area contributed by atoms with Gasteiger partial charge in [-0.2, -0.15) is 9.40 Å². The molecule has 2 aromatic heterocycles. The van der Waals surface area contributed by atoms with E-state index >= 15 is 0 Å². The number of hydrogen-bond donors (Lipinski definition) is 2. The van der Waals surface area contributed by atoms with Crippen molar-refractivity contribution in [1.82, 2.24) is 34.3 Å². The summed E-state index contributed by atoms with van der Waals surface area (Å²) in [5, 5.41) is 11.6. The summed E-state index contributed by atoms with van der Waals surface area (Å²) in [6.45, 7) is 3.56. The molecule has 0 unspecified atom stereocenters. The van der Waals surface area contributed by atoms with Gasteiger partial charge in [-0.25, -0.2) is 23.2 Å². The third-order valence-electron chi connectivity index (χ3n) is 9.95. The van der Waals surface area contributed by atoms with Crippen molar-refractivity contribution in [1.29, 1.82) is 0 Å². The van der Waals surface area contributed by atoms with Crippen molar-refractivity contribution in [2.45, 2.75) is 55.6 Å². The molecule has 14 nitrogen and oxygen atoms in total. The van der Waals surface area contributed by atoms with Gasteiger partial charge >= 0.3 is 6.03 Å². The first-order valence-corrected chi connectivity index (χ1v) is 18.7. The van der Waals surface area contributed by atoms with Gasteiger partial charge in [0.05, 0.1) is 27.8 Å². The molecule has 4 aromatic rings. The van der Waals surface area contributed by atoms with E-state index in [2.05, 4.69) is 54.7 Å². The number of aryl methyl sites for hydroxylation is 1. The maximum atomic E-state index is 13.6. The molecule has 2 aromatic carbocycles. The van der Waals surface area contributed by atoms with E-state index in [1.165, 1.54) is 17.3 Å². The highest BCUT2D eigenvalue weighted by Gasteiger charge is 2.31. The second-order valence-electron chi connectivity index (χ2n) is 13.2. The fraction of sp³-hybridized carbons (Fsp3) is 0.441. The smallest absolute Gasteiger partial charge is 0.329 e. The number of aromatic nitrogens is 4. The molecule has 3 saturated heterocycles. The van der Waals surface area contributed by atoms with Crippen LogP contribution in [0.1, 0.15) is 37.7 Å². The van der Waals surface area contributed by atoms with Crippen LogP contribution in [0.4, 0.5) is 22.2 Å². The predicted octanol–water partition coefficient (Wildman–Crippen LogP) is 3.83. The average molecular weight is 721 g/mol. The minimum Gasteiger partial charge on any atom is -0.371 e. The monoisotopic (exact) mass is 720 g/mol. The molecule has 0 radical (unpaired) electrons. The van der Waals surface area contributed by atoms with Gasteiger partial charge in [-0.1, -0.05) is 23.7 Å². The molecule has 3 fully saturated rings. The molecule has 0 atom stereocenters. The van der Waals surface area contributed by atoms with Crippen molar-refractivity contribution in [2.75, 3.05) is 54.9 Å². The van der Waals surface area contributed by atoms with E-state index in [1.54, 1.807) is 15.1 Å². The highest BCUT2D eigenvalue weighted by molar-refractivity contribution is 7.89. The Morgan fingerprint density at radius 1 is 0.980 bits per heavy atom. The van der Waals surface area contributed by atoms with Crippen LogP contribution in [-0.2, 0) is 28.4 Å². The number of carbonyl (C=O) groups excluding carboxylic acids is 2. The molecular weight excluding hydrogens is 680 g/mol. The lowest BCUT2D eigenvalue weighted by Crippen LogP contribution is -2.49. The van der Waals surface area contributed by atoms with Gasteiger partial charge in [0, 0.05) is 75.9 Å². The molecule has 7 rings (SSSR count). The number of nitrogens with zero attached hydrogens (tertiary/aromatic N) is 8. The Bertz CT molecular complexity index is 1990. The third kappa shape index (κ3) is 7.13. The van der Waals surface area contributed by atoms with Crippen LogP contribution in [0.15, 0.2) is 59.8 Å². The van der Waals surface area contributed by atoms with Crippen molar-refractivity contribution in [2.24, 2.45) is 7.05 Å².